The molecule has 0 saturated heterocycles. The summed E-state index contributed by atoms with van der Waals surface area (Å²) in [5, 5.41) is 7.16. The Balaban J connectivity index is 1.47. The van der Waals surface area contributed by atoms with Gasteiger partial charge in [0.05, 0.1) is 16.9 Å². The number of hydrazone groups is 1. The zero-order valence-corrected chi connectivity index (χ0v) is 19.5. The van der Waals surface area contributed by atoms with Gasteiger partial charge in [-0.05, 0) is 65.1 Å². The minimum atomic E-state index is -0.313. The highest BCUT2D eigenvalue weighted by Crippen LogP contribution is 2.22. The molecular formula is C26H26ClN3O3. The van der Waals surface area contributed by atoms with E-state index in [1.165, 1.54) is 6.21 Å². The Morgan fingerprint density at radius 3 is 2.27 bits per heavy atom. The minimum absolute atomic E-state index is 0.0302. The molecule has 0 atom stereocenters. The number of nitrogens with one attached hydrogen (secondary N) is 2. The second-order valence-electron chi connectivity index (χ2n) is 8.41. The van der Waals surface area contributed by atoms with Crippen molar-refractivity contribution in [1.29, 1.82) is 0 Å². The van der Waals surface area contributed by atoms with Crippen molar-refractivity contribution in [2.75, 3.05) is 11.9 Å². The maximum Gasteiger partial charge on any atom is 0.271 e. The van der Waals surface area contributed by atoms with Crippen molar-refractivity contribution in [3.8, 4) is 5.75 Å². The molecule has 2 N–H and O–H groups in total. The largest absolute Gasteiger partial charge is 0.484 e. The lowest BCUT2D eigenvalue weighted by Crippen LogP contribution is -2.20. The third-order valence-electron chi connectivity index (χ3n) is 4.79. The van der Waals surface area contributed by atoms with Crippen molar-refractivity contribution in [2.45, 2.75) is 26.2 Å². The summed E-state index contributed by atoms with van der Waals surface area (Å²) in [7, 11) is 0. The van der Waals surface area contributed by atoms with E-state index in [0.717, 1.165) is 11.1 Å². The van der Waals surface area contributed by atoms with Crippen molar-refractivity contribution in [3.63, 3.8) is 0 Å². The smallest absolute Gasteiger partial charge is 0.271 e. The summed E-state index contributed by atoms with van der Waals surface area (Å²) in [4.78, 5) is 24.3. The van der Waals surface area contributed by atoms with E-state index in [-0.39, 0.29) is 23.8 Å². The molecule has 0 fully saturated rings. The quantitative estimate of drug-likeness (QED) is 0.362. The van der Waals surface area contributed by atoms with Crippen LogP contribution < -0.4 is 15.5 Å². The molecule has 2 amide bonds. The molecule has 0 aliphatic heterocycles. The molecule has 0 radical (unpaired) electrons. The summed E-state index contributed by atoms with van der Waals surface area (Å²) in [6.07, 6.45) is 1.54. The van der Waals surface area contributed by atoms with E-state index in [1.54, 1.807) is 60.7 Å². The van der Waals surface area contributed by atoms with E-state index in [4.69, 9.17) is 16.3 Å². The lowest BCUT2D eigenvalue weighted by Gasteiger charge is -2.18. The lowest BCUT2D eigenvalue weighted by atomic mass is 9.87. The van der Waals surface area contributed by atoms with Crippen molar-refractivity contribution in [2.24, 2.45) is 5.10 Å². The van der Waals surface area contributed by atoms with E-state index in [1.807, 2.05) is 12.1 Å². The molecule has 7 heteroatoms. The second kappa shape index (κ2) is 10.8. The van der Waals surface area contributed by atoms with Gasteiger partial charge in [-0.15, -0.1) is 0 Å². The van der Waals surface area contributed by atoms with E-state index >= 15 is 0 Å². The van der Waals surface area contributed by atoms with Crippen molar-refractivity contribution >= 4 is 35.3 Å². The average molecular weight is 464 g/mol. The van der Waals surface area contributed by atoms with Gasteiger partial charge in [-0.1, -0.05) is 56.6 Å². The molecule has 0 aliphatic carbocycles. The molecule has 0 spiro atoms. The van der Waals surface area contributed by atoms with Crippen LogP contribution in [0.3, 0.4) is 0 Å². The molecule has 33 heavy (non-hydrogen) atoms. The standard InChI is InChI=1S/C26H26ClN3O3/c1-26(2,3)20-12-10-19(11-13-20)25(32)30-28-16-18-8-14-21(15-9-18)33-17-24(31)29-23-7-5-4-6-22(23)27/h4-16H,17H2,1-3H3,(H,29,31)(H,30,32)/b28-16-. The van der Waals surface area contributed by atoms with Gasteiger partial charge in [-0.25, -0.2) is 5.43 Å². The lowest BCUT2D eigenvalue weighted by molar-refractivity contribution is -0.118. The molecular weight excluding hydrogens is 438 g/mol. The molecule has 3 aromatic rings. The number of carbonyl (C=O) groups excluding carboxylic acids is 2. The molecule has 0 aromatic heterocycles. The fourth-order valence-corrected chi connectivity index (χ4v) is 3.08. The van der Waals surface area contributed by atoms with Crippen molar-refractivity contribution in [3.05, 3.63) is 94.5 Å². The van der Waals surface area contributed by atoms with Crippen LogP contribution >= 0.6 is 11.6 Å². The first-order valence-corrected chi connectivity index (χ1v) is 10.8. The number of hydrogen-bond donors (Lipinski definition) is 2. The number of amides is 2. The van der Waals surface area contributed by atoms with Crippen LogP contribution in [0.25, 0.3) is 0 Å². The highest BCUT2D eigenvalue weighted by Gasteiger charge is 2.14. The maximum atomic E-state index is 12.3. The van der Waals surface area contributed by atoms with E-state index in [9.17, 15) is 9.59 Å². The van der Waals surface area contributed by atoms with Gasteiger partial charge < -0.3 is 10.1 Å². The predicted octanol–water partition coefficient (Wildman–Crippen LogP) is 5.42. The molecule has 0 unspecified atom stereocenters. The van der Waals surface area contributed by atoms with Crippen molar-refractivity contribution < 1.29 is 14.3 Å². The number of carbonyl (C=O) groups is 2. The van der Waals surface area contributed by atoms with Crippen LogP contribution in [-0.2, 0) is 10.2 Å². The molecule has 0 heterocycles. The Labute approximate surface area is 198 Å². The third-order valence-corrected chi connectivity index (χ3v) is 5.12. The number of anilines is 1. The first kappa shape index (κ1) is 24.0. The highest BCUT2D eigenvalue weighted by atomic mass is 35.5. The van der Waals surface area contributed by atoms with Crippen molar-refractivity contribution in [1.82, 2.24) is 5.43 Å². The summed E-state index contributed by atoms with van der Waals surface area (Å²) >= 11 is 6.03. The Morgan fingerprint density at radius 2 is 1.64 bits per heavy atom. The first-order valence-electron chi connectivity index (χ1n) is 10.4. The van der Waals surface area contributed by atoms with Gasteiger partial charge in [0.25, 0.3) is 11.8 Å². The summed E-state index contributed by atoms with van der Waals surface area (Å²) < 4.78 is 5.50. The summed E-state index contributed by atoms with van der Waals surface area (Å²) in [6, 6.07) is 21.5. The molecule has 0 bridgehead atoms. The first-order chi connectivity index (χ1) is 15.7. The number of nitrogens with zero attached hydrogens (tertiary/aromatic N) is 1. The van der Waals surface area contributed by atoms with E-state index in [0.29, 0.717) is 22.0 Å². The van der Waals surface area contributed by atoms with Gasteiger partial charge in [0.2, 0.25) is 0 Å². The Kier molecular flexibility index (Phi) is 7.85. The Hall–Kier alpha value is -3.64. The monoisotopic (exact) mass is 463 g/mol. The normalized spacial score (nSPS) is 11.3. The number of halogens is 1. The van der Waals surface area contributed by atoms with Gasteiger partial charge in [0.15, 0.2) is 6.61 Å². The van der Waals surface area contributed by atoms with Gasteiger partial charge in [0.1, 0.15) is 5.75 Å². The van der Waals surface area contributed by atoms with Gasteiger partial charge in [-0.3, -0.25) is 9.59 Å². The van der Waals surface area contributed by atoms with Crippen LogP contribution in [0, 0.1) is 0 Å². The maximum absolute atomic E-state index is 12.3. The topological polar surface area (TPSA) is 79.8 Å². The van der Waals surface area contributed by atoms with Crippen LogP contribution in [0.15, 0.2) is 77.9 Å². The van der Waals surface area contributed by atoms with Crippen LogP contribution in [0.4, 0.5) is 5.69 Å². The van der Waals surface area contributed by atoms with Crippen LogP contribution in [0.5, 0.6) is 5.75 Å². The summed E-state index contributed by atoms with van der Waals surface area (Å²) in [6.45, 7) is 6.22. The van der Waals surface area contributed by atoms with Crippen LogP contribution in [0.2, 0.25) is 5.02 Å². The number of hydrogen-bond acceptors (Lipinski definition) is 4. The molecule has 6 nitrogen and oxygen atoms in total. The average Bonchev–Trinajstić information content (AvgIpc) is 2.79. The van der Waals surface area contributed by atoms with E-state index < -0.39 is 0 Å². The fourth-order valence-electron chi connectivity index (χ4n) is 2.90. The molecule has 170 valence electrons. The number of ether oxygens (including phenoxy) is 1. The number of benzene rings is 3. The van der Waals surface area contributed by atoms with Gasteiger partial charge in [-0.2, -0.15) is 5.10 Å². The number of para-hydroxylation sites is 1. The molecule has 3 rings (SSSR count). The predicted molar refractivity (Wildman–Crippen MR) is 132 cm³/mol. The van der Waals surface area contributed by atoms with Gasteiger partial charge in [0, 0.05) is 5.56 Å². The second-order valence-corrected chi connectivity index (χ2v) is 8.82. The van der Waals surface area contributed by atoms with Crippen LogP contribution in [0.1, 0.15) is 42.3 Å². The van der Waals surface area contributed by atoms with Crippen LogP contribution in [-0.4, -0.2) is 24.6 Å². The number of rotatable bonds is 7. The molecule has 3 aromatic carbocycles. The fraction of sp³-hybridized carbons (Fsp3) is 0.192. The summed E-state index contributed by atoms with van der Waals surface area (Å²) in [5.41, 5.74) is 5.56. The van der Waals surface area contributed by atoms with Gasteiger partial charge >= 0.3 is 0 Å². The zero-order valence-electron chi connectivity index (χ0n) is 18.8. The zero-order chi connectivity index (χ0) is 23.8. The summed E-state index contributed by atoms with van der Waals surface area (Å²) in [5.74, 6) is -0.0624. The molecule has 0 saturated carbocycles. The van der Waals surface area contributed by atoms with E-state index in [2.05, 4.69) is 36.6 Å². The SMILES string of the molecule is CC(C)(C)c1ccc(C(=O)N/N=C\c2ccc(OCC(=O)Nc3ccccc3Cl)cc2)cc1. The molecule has 0 aliphatic rings. The Morgan fingerprint density at radius 1 is 0.970 bits per heavy atom. The minimum Gasteiger partial charge on any atom is -0.484 e. The third kappa shape index (κ3) is 7.19. The Bertz CT molecular complexity index is 1130. The highest BCUT2D eigenvalue weighted by molar-refractivity contribution is 6.33.